The van der Waals surface area contributed by atoms with Crippen LogP contribution in [-0.2, 0) is 43.0 Å². The van der Waals surface area contributed by atoms with Gasteiger partial charge in [0.05, 0.1) is 20.6 Å². The number of aliphatic carboxylic acids is 2. The van der Waals surface area contributed by atoms with E-state index in [-0.39, 0.29) is 44.8 Å². The number of rotatable bonds is 17. The highest BCUT2D eigenvalue weighted by Gasteiger charge is 2.33. The second kappa shape index (κ2) is 31.0. The highest BCUT2D eigenvalue weighted by molar-refractivity contribution is 6.00. The minimum Gasteiger partial charge on any atom is -0.481 e. The van der Waals surface area contributed by atoms with Gasteiger partial charge in [0.25, 0.3) is 0 Å². The SMILES string of the molecule is COC(=O)CC(CC(C(=O)CO)C(=O)OC)C(=O)CO.O=C(O)CCCCC(=O)O.O=C1CCCCCN1.OCCCCO. The summed E-state index contributed by atoms with van der Waals surface area (Å²) in [7, 11) is 2.18. The number of aliphatic hydroxyl groups excluding tert-OH is 4. The molecule has 2 unspecified atom stereocenters. The van der Waals surface area contributed by atoms with E-state index in [0.717, 1.165) is 52.9 Å². The van der Waals surface area contributed by atoms with E-state index in [0.29, 0.717) is 12.8 Å². The Kier molecular flexibility index (Phi) is 31.6. The number of hydrogen-bond acceptors (Lipinski definition) is 13. The molecule has 2 atom stereocenters. The molecule has 0 aromatic rings. The van der Waals surface area contributed by atoms with Crippen molar-refractivity contribution in [2.24, 2.45) is 11.8 Å². The molecule has 0 bridgehead atoms. The molecule has 256 valence electrons. The summed E-state index contributed by atoms with van der Waals surface area (Å²) < 4.78 is 8.83. The third kappa shape index (κ3) is 28.6. The van der Waals surface area contributed by atoms with Crippen molar-refractivity contribution < 1.29 is 73.7 Å². The van der Waals surface area contributed by atoms with Crippen molar-refractivity contribution in [3.05, 3.63) is 0 Å². The van der Waals surface area contributed by atoms with Crippen LogP contribution in [0.1, 0.15) is 77.0 Å². The van der Waals surface area contributed by atoms with Crippen LogP contribution in [0.4, 0.5) is 0 Å². The van der Waals surface area contributed by atoms with Crippen LogP contribution < -0.4 is 5.32 Å². The number of nitrogens with one attached hydrogen (secondary N) is 1. The molecule has 7 N–H and O–H groups in total. The Morgan fingerprint density at radius 2 is 1.27 bits per heavy atom. The van der Waals surface area contributed by atoms with Crippen molar-refractivity contribution in [3.63, 3.8) is 0 Å². The van der Waals surface area contributed by atoms with Crippen LogP contribution in [0.3, 0.4) is 0 Å². The van der Waals surface area contributed by atoms with Crippen molar-refractivity contribution in [2.75, 3.05) is 47.2 Å². The topological polar surface area (TPSA) is 271 Å². The molecule has 1 heterocycles. The van der Waals surface area contributed by atoms with E-state index >= 15 is 0 Å². The lowest BCUT2D eigenvalue weighted by Crippen LogP contribution is -2.33. The summed E-state index contributed by atoms with van der Waals surface area (Å²) in [5, 5.41) is 52.9. The fourth-order valence-electron chi connectivity index (χ4n) is 3.32. The minimum absolute atomic E-state index is 0.0628. The van der Waals surface area contributed by atoms with Gasteiger partial charge in [-0.1, -0.05) is 6.42 Å². The van der Waals surface area contributed by atoms with Gasteiger partial charge in [0.15, 0.2) is 11.6 Å². The number of Topliss-reactive ketones (excluding diaryl/α,β-unsaturated/α-hetero) is 2. The molecule has 0 saturated carbocycles. The van der Waals surface area contributed by atoms with Crippen LogP contribution in [0.25, 0.3) is 0 Å². The Morgan fingerprint density at radius 1 is 0.750 bits per heavy atom. The lowest BCUT2D eigenvalue weighted by molar-refractivity contribution is -0.153. The molecule has 0 radical (unpaired) electrons. The van der Waals surface area contributed by atoms with Gasteiger partial charge in [-0.15, -0.1) is 0 Å². The number of carboxylic acids is 2. The molecule has 16 nitrogen and oxygen atoms in total. The summed E-state index contributed by atoms with van der Waals surface area (Å²) >= 11 is 0. The first-order chi connectivity index (χ1) is 20.8. The average Bonchev–Trinajstić information content (AvgIpc) is 3.26. The Hall–Kier alpha value is -3.47. The maximum Gasteiger partial charge on any atom is 0.316 e. The van der Waals surface area contributed by atoms with Crippen molar-refractivity contribution in [3.8, 4) is 0 Å². The number of unbranched alkanes of at least 4 members (excludes halogenated alkanes) is 2. The summed E-state index contributed by atoms with van der Waals surface area (Å²) in [5.74, 6) is -7.09. The molecular weight excluding hydrogens is 590 g/mol. The average molecular weight is 640 g/mol. The van der Waals surface area contributed by atoms with Gasteiger partial charge < -0.3 is 45.4 Å². The van der Waals surface area contributed by atoms with Gasteiger partial charge in [-0.3, -0.25) is 33.6 Å². The number of carbonyl (C=O) groups is 7. The van der Waals surface area contributed by atoms with Crippen LogP contribution in [0.2, 0.25) is 0 Å². The van der Waals surface area contributed by atoms with Crippen molar-refractivity contribution >= 4 is 41.4 Å². The van der Waals surface area contributed by atoms with Crippen molar-refractivity contribution in [1.82, 2.24) is 5.32 Å². The van der Waals surface area contributed by atoms with Gasteiger partial charge in [0.2, 0.25) is 5.91 Å². The number of esters is 2. The zero-order valence-electron chi connectivity index (χ0n) is 25.5. The van der Waals surface area contributed by atoms with E-state index in [1.807, 2.05) is 0 Å². The normalized spacial score (nSPS) is 13.3. The molecule has 1 saturated heterocycles. The lowest BCUT2D eigenvalue weighted by atomic mass is 9.86. The fourth-order valence-corrected chi connectivity index (χ4v) is 3.32. The second-order valence-electron chi connectivity index (χ2n) is 9.35. The monoisotopic (exact) mass is 639 g/mol. The molecule has 16 heteroatoms. The van der Waals surface area contributed by atoms with Gasteiger partial charge in [-0.2, -0.15) is 0 Å². The predicted molar refractivity (Wildman–Crippen MR) is 153 cm³/mol. The Bertz CT molecular complexity index is 801. The third-order valence-corrected chi connectivity index (χ3v) is 5.80. The van der Waals surface area contributed by atoms with Gasteiger partial charge >= 0.3 is 23.9 Å². The van der Waals surface area contributed by atoms with E-state index in [1.54, 1.807) is 0 Å². The van der Waals surface area contributed by atoms with E-state index in [1.165, 1.54) is 6.42 Å². The third-order valence-electron chi connectivity index (χ3n) is 5.80. The molecule has 0 aromatic carbocycles. The number of carboxylic acid groups (broad SMARTS) is 2. The van der Waals surface area contributed by atoms with Crippen LogP contribution in [0, 0.1) is 11.8 Å². The Balaban J connectivity index is -0.000000578. The van der Waals surface area contributed by atoms with Crippen molar-refractivity contribution in [2.45, 2.75) is 77.0 Å². The molecule has 1 aliphatic rings. The number of carbonyl (C=O) groups excluding carboxylic acids is 5. The summed E-state index contributed by atoms with van der Waals surface area (Å²) in [6.07, 6.45) is 5.93. The molecule has 1 amide bonds. The van der Waals surface area contributed by atoms with Crippen molar-refractivity contribution in [1.29, 1.82) is 0 Å². The Labute approximate surface area is 256 Å². The molecular formula is C28H49NO15. The first-order valence-electron chi connectivity index (χ1n) is 14.2. The van der Waals surface area contributed by atoms with E-state index in [9.17, 15) is 33.6 Å². The quantitative estimate of drug-likeness (QED) is 0.0606. The summed E-state index contributed by atoms with van der Waals surface area (Å²) in [4.78, 5) is 76.0. The first-order valence-corrected chi connectivity index (χ1v) is 14.2. The van der Waals surface area contributed by atoms with E-state index < -0.39 is 60.5 Å². The zero-order chi connectivity index (χ0) is 34.3. The van der Waals surface area contributed by atoms with Crippen LogP contribution in [0.15, 0.2) is 0 Å². The maximum absolute atomic E-state index is 11.5. The van der Waals surface area contributed by atoms with Gasteiger partial charge in [0, 0.05) is 44.9 Å². The number of ketones is 2. The number of ether oxygens (including phenoxy) is 2. The second-order valence-corrected chi connectivity index (χ2v) is 9.35. The molecule has 1 fully saturated rings. The number of methoxy groups -OCH3 is 2. The predicted octanol–water partition coefficient (Wildman–Crippen LogP) is -0.388. The highest BCUT2D eigenvalue weighted by atomic mass is 16.5. The van der Waals surface area contributed by atoms with Crippen LogP contribution >= 0.6 is 0 Å². The Morgan fingerprint density at radius 3 is 1.68 bits per heavy atom. The smallest absolute Gasteiger partial charge is 0.316 e. The molecule has 1 aliphatic heterocycles. The van der Waals surface area contributed by atoms with Gasteiger partial charge in [0.1, 0.15) is 19.1 Å². The summed E-state index contributed by atoms with van der Waals surface area (Å²) in [5.41, 5.74) is 0. The van der Waals surface area contributed by atoms with E-state index in [2.05, 4.69) is 14.8 Å². The molecule has 1 rings (SSSR count). The molecule has 44 heavy (non-hydrogen) atoms. The minimum atomic E-state index is -1.37. The maximum atomic E-state index is 11.5. The molecule has 0 spiro atoms. The first kappa shape index (κ1) is 45.0. The number of aliphatic hydroxyl groups is 4. The molecule has 0 aliphatic carbocycles. The lowest BCUT2D eigenvalue weighted by Gasteiger charge is -2.18. The summed E-state index contributed by atoms with van der Waals surface area (Å²) in [6.45, 7) is -0.444. The van der Waals surface area contributed by atoms with Gasteiger partial charge in [-0.05, 0) is 44.9 Å². The fraction of sp³-hybridized carbons (Fsp3) is 0.750. The van der Waals surface area contributed by atoms with E-state index in [4.69, 9.17) is 30.6 Å². The zero-order valence-corrected chi connectivity index (χ0v) is 25.5. The summed E-state index contributed by atoms with van der Waals surface area (Å²) in [6, 6.07) is 0. The molecule has 0 aromatic heterocycles. The van der Waals surface area contributed by atoms with Crippen LogP contribution in [0.5, 0.6) is 0 Å². The van der Waals surface area contributed by atoms with Gasteiger partial charge in [-0.25, -0.2) is 0 Å². The highest BCUT2D eigenvalue weighted by Crippen LogP contribution is 2.20. The standard InChI is InChI=1S/C12H18O8.C6H11NO.C6H10O4.C4H10O2/c1-19-11(17)4-7(9(15)5-13)3-8(10(16)6-14)12(18)20-2;8-6-4-2-1-3-5-7-6;7-5(8)3-1-2-4-6(9)10;5-3-1-2-4-6/h7-8,13-14H,3-6H2,1-2H3;1-5H2,(H,7,8);1-4H2,(H,7,8)(H,9,10);5-6H,1-4H2. The largest absolute Gasteiger partial charge is 0.481 e. The van der Waals surface area contributed by atoms with Crippen LogP contribution in [-0.4, -0.2) is 119 Å². The number of hydrogen-bond donors (Lipinski definition) is 7. The number of amides is 1.